The predicted octanol–water partition coefficient (Wildman–Crippen LogP) is 2.73. The monoisotopic (exact) mass is 292 g/mol. The third kappa shape index (κ3) is 3.32. The van der Waals surface area contributed by atoms with E-state index in [1.54, 1.807) is 32.9 Å². The fourth-order valence-electron chi connectivity index (χ4n) is 2.57. The summed E-state index contributed by atoms with van der Waals surface area (Å²) in [6.45, 7) is 9.00. The molecule has 116 valence electrons. The van der Waals surface area contributed by atoms with Crippen LogP contribution in [0.15, 0.2) is 34.9 Å². The first-order valence-corrected chi connectivity index (χ1v) is 6.94. The van der Waals surface area contributed by atoms with Crippen molar-refractivity contribution < 1.29 is 19.4 Å². The van der Waals surface area contributed by atoms with Crippen LogP contribution in [0.1, 0.15) is 41.0 Å². The van der Waals surface area contributed by atoms with E-state index in [1.807, 2.05) is 13.8 Å². The lowest BCUT2D eigenvalue weighted by Gasteiger charge is -2.45. The molecule has 0 aromatic heterocycles. The summed E-state index contributed by atoms with van der Waals surface area (Å²) < 4.78 is 4.57. The van der Waals surface area contributed by atoms with Gasteiger partial charge in [0.15, 0.2) is 5.78 Å². The Morgan fingerprint density at radius 1 is 1.33 bits per heavy atom. The number of hydrogen-bond acceptors (Lipinski definition) is 4. The van der Waals surface area contributed by atoms with E-state index >= 15 is 0 Å². The van der Waals surface area contributed by atoms with Gasteiger partial charge >= 0.3 is 5.97 Å². The molecule has 1 N–H and O–H groups in total. The van der Waals surface area contributed by atoms with E-state index in [2.05, 4.69) is 4.74 Å². The Balaban J connectivity index is 3.22. The van der Waals surface area contributed by atoms with Gasteiger partial charge in [0.25, 0.3) is 0 Å². The van der Waals surface area contributed by atoms with Crippen molar-refractivity contribution in [1.82, 2.24) is 0 Å². The molecule has 0 amide bonds. The maximum Gasteiger partial charge on any atom is 0.330 e. The first-order valence-electron chi connectivity index (χ1n) is 6.94. The molecule has 1 rings (SSSR count). The van der Waals surface area contributed by atoms with Crippen molar-refractivity contribution in [1.29, 1.82) is 0 Å². The summed E-state index contributed by atoms with van der Waals surface area (Å²) in [6, 6.07) is 0. The van der Waals surface area contributed by atoms with Crippen LogP contribution in [0.4, 0.5) is 0 Å². The lowest BCUT2D eigenvalue weighted by atomic mass is 9.62. The fraction of sp³-hybridized carbons (Fsp3) is 0.529. The minimum absolute atomic E-state index is 0.0670. The van der Waals surface area contributed by atoms with Gasteiger partial charge in [-0.3, -0.25) is 4.79 Å². The lowest BCUT2D eigenvalue weighted by Crippen LogP contribution is -2.49. The van der Waals surface area contributed by atoms with Crippen molar-refractivity contribution >= 4 is 11.8 Å². The zero-order valence-electron chi connectivity index (χ0n) is 13.6. The van der Waals surface area contributed by atoms with Crippen molar-refractivity contribution in [2.45, 2.75) is 46.6 Å². The number of hydrogen-bond donors (Lipinski definition) is 1. The van der Waals surface area contributed by atoms with Crippen LogP contribution >= 0.6 is 0 Å². The second-order valence-electron chi connectivity index (χ2n) is 6.25. The van der Waals surface area contributed by atoms with Crippen LogP contribution in [0.25, 0.3) is 0 Å². The Labute approximate surface area is 126 Å². The van der Waals surface area contributed by atoms with Gasteiger partial charge in [0, 0.05) is 17.9 Å². The van der Waals surface area contributed by atoms with Crippen LogP contribution in [0.5, 0.6) is 0 Å². The molecule has 1 atom stereocenters. The topological polar surface area (TPSA) is 63.6 Å². The summed E-state index contributed by atoms with van der Waals surface area (Å²) in [4.78, 5) is 23.2. The summed E-state index contributed by atoms with van der Waals surface area (Å²) in [7, 11) is 1.31. The Bertz CT molecular complexity index is 549. The summed E-state index contributed by atoms with van der Waals surface area (Å²) in [5, 5.41) is 11.1. The molecule has 4 heteroatoms. The van der Waals surface area contributed by atoms with E-state index in [0.717, 1.165) is 0 Å². The smallest absolute Gasteiger partial charge is 0.330 e. The molecule has 0 aromatic carbocycles. The maximum absolute atomic E-state index is 12.0. The molecule has 0 fully saturated rings. The van der Waals surface area contributed by atoms with Crippen LogP contribution in [0, 0.1) is 5.41 Å². The number of carbonyl (C=O) groups is 2. The van der Waals surface area contributed by atoms with Gasteiger partial charge in [0.2, 0.25) is 0 Å². The van der Waals surface area contributed by atoms with Crippen molar-refractivity contribution in [3.8, 4) is 0 Å². The zero-order chi connectivity index (χ0) is 16.4. The van der Waals surface area contributed by atoms with Crippen molar-refractivity contribution in [2.24, 2.45) is 5.41 Å². The Kier molecular flexibility index (Phi) is 4.95. The number of esters is 1. The highest BCUT2D eigenvalue weighted by Crippen LogP contribution is 2.46. The minimum atomic E-state index is -1.21. The Morgan fingerprint density at radius 3 is 2.43 bits per heavy atom. The maximum atomic E-state index is 12.0. The predicted molar refractivity (Wildman–Crippen MR) is 81.6 cm³/mol. The second-order valence-corrected chi connectivity index (χ2v) is 6.25. The van der Waals surface area contributed by atoms with Crippen LogP contribution in [0.2, 0.25) is 0 Å². The molecule has 1 unspecified atom stereocenters. The van der Waals surface area contributed by atoms with Crippen molar-refractivity contribution in [2.75, 3.05) is 7.11 Å². The minimum Gasteiger partial charge on any atom is -0.466 e. The van der Waals surface area contributed by atoms with Crippen LogP contribution in [0.3, 0.4) is 0 Å². The fourth-order valence-corrected chi connectivity index (χ4v) is 2.57. The molecule has 0 aliphatic heterocycles. The molecule has 0 spiro atoms. The number of allylic oxidation sites excluding steroid dienone is 3. The first-order chi connectivity index (χ1) is 9.55. The molecule has 0 saturated heterocycles. The number of methoxy groups -OCH3 is 1. The van der Waals surface area contributed by atoms with Gasteiger partial charge in [0.05, 0.1) is 7.11 Å². The van der Waals surface area contributed by atoms with Gasteiger partial charge in [-0.2, -0.15) is 0 Å². The standard InChI is InChI=1S/C17H24O4/c1-11(9-15(19)21-6)7-8-17(20)13(3)12(2)14(18)10-16(17,4)5/h7-9,20H,10H2,1-6H3. The molecule has 0 bridgehead atoms. The normalized spacial score (nSPS) is 26.4. The van der Waals surface area contributed by atoms with Gasteiger partial charge in [-0.1, -0.05) is 19.9 Å². The lowest BCUT2D eigenvalue weighted by molar-refractivity contribution is -0.134. The second kappa shape index (κ2) is 5.98. The Morgan fingerprint density at radius 2 is 1.90 bits per heavy atom. The molecule has 0 heterocycles. The van der Waals surface area contributed by atoms with E-state index in [-0.39, 0.29) is 12.2 Å². The number of ketones is 1. The first kappa shape index (κ1) is 17.4. The van der Waals surface area contributed by atoms with Gasteiger partial charge in [-0.25, -0.2) is 4.79 Å². The van der Waals surface area contributed by atoms with Gasteiger partial charge in [-0.15, -0.1) is 0 Å². The van der Waals surface area contributed by atoms with Crippen molar-refractivity contribution in [3.05, 3.63) is 34.9 Å². The number of aliphatic hydroxyl groups is 1. The van der Waals surface area contributed by atoms with E-state index in [9.17, 15) is 14.7 Å². The molecular formula is C17H24O4. The van der Waals surface area contributed by atoms with E-state index in [4.69, 9.17) is 0 Å². The molecule has 0 saturated carbocycles. The highest BCUT2D eigenvalue weighted by atomic mass is 16.5. The number of rotatable bonds is 3. The molecule has 21 heavy (non-hydrogen) atoms. The summed E-state index contributed by atoms with van der Waals surface area (Å²) in [5.74, 6) is -0.372. The third-order valence-electron chi connectivity index (χ3n) is 4.32. The highest BCUT2D eigenvalue weighted by Gasteiger charge is 2.48. The number of ether oxygens (including phenoxy) is 1. The van der Waals surface area contributed by atoms with Crippen LogP contribution < -0.4 is 0 Å². The molecular weight excluding hydrogens is 268 g/mol. The van der Waals surface area contributed by atoms with Crippen LogP contribution in [-0.4, -0.2) is 29.6 Å². The van der Waals surface area contributed by atoms with Crippen LogP contribution in [-0.2, 0) is 14.3 Å². The van der Waals surface area contributed by atoms with E-state index < -0.39 is 17.0 Å². The summed E-state index contributed by atoms with van der Waals surface area (Å²) >= 11 is 0. The quantitative estimate of drug-likeness (QED) is 0.493. The average molecular weight is 292 g/mol. The largest absolute Gasteiger partial charge is 0.466 e. The highest BCUT2D eigenvalue weighted by molar-refractivity contribution is 5.97. The van der Waals surface area contributed by atoms with E-state index in [1.165, 1.54) is 13.2 Å². The van der Waals surface area contributed by atoms with Crippen molar-refractivity contribution in [3.63, 3.8) is 0 Å². The van der Waals surface area contributed by atoms with Gasteiger partial charge in [0.1, 0.15) is 5.60 Å². The number of Topliss-reactive ketones (excluding diaryl/α,β-unsaturated/α-hetero) is 1. The van der Waals surface area contributed by atoms with E-state index in [0.29, 0.717) is 16.7 Å². The summed E-state index contributed by atoms with van der Waals surface area (Å²) in [6.07, 6.45) is 4.99. The Hall–Kier alpha value is -1.68. The average Bonchev–Trinajstić information content (AvgIpc) is 2.40. The van der Waals surface area contributed by atoms with Gasteiger partial charge in [-0.05, 0) is 43.6 Å². The molecule has 1 aliphatic rings. The molecule has 0 radical (unpaired) electrons. The zero-order valence-corrected chi connectivity index (χ0v) is 13.6. The summed E-state index contributed by atoms with van der Waals surface area (Å²) in [5.41, 5.74) is 0.127. The van der Waals surface area contributed by atoms with Gasteiger partial charge < -0.3 is 9.84 Å². The molecule has 1 aliphatic carbocycles. The SMILES string of the molecule is COC(=O)C=C(C)C=CC1(O)C(C)=C(C)C(=O)CC1(C)C. The molecule has 4 nitrogen and oxygen atoms in total. The third-order valence-corrected chi connectivity index (χ3v) is 4.32. The number of carbonyl (C=O) groups excluding carboxylic acids is 2. The molecule has 0 aromatic rings.